The molecule has 0 saturated carbocycles. The van der Waals surface area contributed by atoms with Crippen LogP contribution < -0.4 is 5.32 Å². The molecule has 2 aromatic heterocycles. The number of benzene rings is 3. The summed E-state index contributed by atoms with van der Waals surface area (Å²) in [4.78, 5) is 21.6. The van der Waals surface area contributed by atoms with Gasteiger partial charge >= 0.3 is 0 Å². The number of hydrogen-bond donors (Lipinski definition) is 1. The number of ether oxygens (including phenoxy) is 3. The van der Waals surface area contributed by atoms with E-state index in [-0.39, 0.29) is 5.78 Å². The highest BCUT2D eigenvalue weighted by Gasteiger charge is 2.35. The van der Waals surface area contributed by atoms with Crippen LogP contribution in [0.1, 0.15) is 17.2 Å². The Morgan fingerprint density at radius 3 is 2.71 bits per heavy atom. The van der Waals surface area contributed by atoms with E-state index in [9.17, 15) is 4.79 Å². The second-order valence-corrected chi connectivity index (χ2v) is 9.21. The summed E-state index contributed by atoms with van der Waals surface area (Å²) < 4.78 is 18.9. The molecular weight excluding hydrogens is 482 g/mol. The first-order chi connectivity index (χ1) is 18.7. The lowest BCUT2D eigenvalue weighted by atomic mass is 10.0. The van der Waals surface area contributed by atoms with E-state index in [1.165, 1.54) is 18.0 Å². The molecule has 0 amide bonds. The molecule has 0 spiro atoms. The van der Waals surface area contributed by atoms with Crippen LogP contribution in [-0.4, -0.2) is 45.0 Å². The molecule has 1 fully saturated rings. The first-order valence-corrected chi connectivity index (χ1v) is 12.4. The van der Waals surface area contributed by atoms with Crippen LogP contribution in [0, 0.1) is 0 Å². The number of nitrogens with one attached hydrogen (secondary N) is 1. The highest BCUT2D eigenvalue weighted by molar-refractivity contribution is 5.98. The zero-order valence-electron chi connectivity index (χ0n) is 20.3. The van der Waals surface area contributed by atoms with Crippen molar-refractivity contribution in [2.24, 2.45) is 0 Å². The van der Waals surface area contributed by atoms with Gasteiger partial charge in [0.2, 0.25) is 12.1 Å². The molecule has 1 unspecified atom stereocenters. The van der Waals surface area contributed by atoms with Crippen molar-refractivity contribution in [1.29, 1.82) is 0 Å². The fraction of sp³-hybridized carbons (Fsp3) is 0.172. The highest BCUT2D eigenvalue weighted by atomic mass is 16.7. The number of fused-ring (bicyclic) bond motifs is 2. The molecule has 2 aliphatic heterocycles. The summed E-state index contributed by atoms with van der Waals surface area (Å²) in [7, 11) is 0. The van der Waals surface area contributed by atoms with E-state index in [2.05, 4.69) is 32.5 Å². The van der Waals surface area contributed by atoms with Crippen LogP contribution in [-0.2, 0) is 25.5 Å². The van der Waals surface area contributed by atoms with E-state index in [1.807, 2.05) is 65.5 Å². The van der Waals surface area contributed by atoms with E-state index in [0.29, 0.717) is 36.9 Å². The van der Waals surface area contributed by atoms with E-state index >= 15 is 0 Å². The minimum absolute atomic E-state index is 0.150. The smallest absolute Gasteiger partial charge is 0.216 e. The van der Waals surface area contributed by atoms with Crippen LogP contribution >= 0.6 is 0 Å². The summed E-state index contributed by atoms with van der Waals surface area (Å²) in [6.07, 6.45) is 3.45. The Balaban J connectivity index is 1.15. The first kappa shape index (κ1) is 22.6. The Bertz CT molecular complexity index is 1690. The summed E-state index contributed by atoms with van der Waals surface area (Å²) in [5.74, 6) is 0.887. The number of nitrogens with zero attached hydrogens (tertiary/aromatic N) is 4. The number of carbonyl (C=O) groups is 1. The van der Waals surface area contributed by atoms with E-state index in [0.717, 1.165) is 27.5 Å². The summed E-state index contributed by atoms with van der Waals surface area (Å²) in [6.45, 7) is 1.66. The fourth-order valence-corrected chi connectivity index (χ4v) is 4.84. The van der Waals surface area contributed by atoms with Crippen molar-refractivity contribution in [3.05, 3.63) is 102 Å². The maximum Gasteiger partial charge on any atom is 0.216 e. The van der Waals surface area contributed by atoms with Gasteiger partial charge in [-0.15, -0.1) is 0 Å². The SMILES string of the molecule is O=C1C=C(C2OCCO2)OC1c1ccc2ncnc(Nc3ccc4c(cnn4Cc4ccccc4)c3)c2c1. The molecule has 4 heterocycles. The average molecular weight is 506 g/mol. The van der Waals surface area contributed by atoms with E-state index in [4.69, 9.17) is 14.2 Å². The zero-order chi connectivity index (χ0) is 25.5. The van der Waals surface area contributed by atoms with Crippen molar-refractivity contribution >= 4 is 39.1 Å². The first-order valence-electron chi connectivity index (χ1n) is 12.4. The van der Waals surface area contributed by atoms with Gasteiger partial charge in [-0.25, -0.2) is 9.97 Å². The lowest BCUT2D eigenvalue weighted by Gasteiger charge is -2.16. The Labute approximate surface area is 217 Å². The summed E-state index contributed by atoms with van der Waals surface area (Å²) in [5.41, 5.74) is 4.57. The standard InChI is InChI=1S/C29H23N5O4/c35-25-14-26(29-36-10-11-37-29)38-27(25)19-6-8-23-22(13-19)28(31-17-30-23)33-21-7-9-24-20(12-21)15-32-34(24)16-18-4-2-1-3-5-18/h1-9,12-15,17,27,29H,10-11,16H2,(H,30,31,33). The molecule has 3 aromatic carbocycles. The van der Waals surface area contributed by atoms with Gasteiger partial charge in [0.15, 0.2) is 11.9 Å². The predicted molar refractivity (Wildman–Crippen MR) is 141 cm³/mol. The predicted octanol–water partition coefficient (Wildman–Crippen LogP) is 4.67. The maximum absolute atomic E-state index is 12.7. The largest absolute Gasteiger partial charge is 0.476 e. The number of carbonyl (C=O) groups excluding carboxylic acids is 1. The van der Waals surface area contributed by atoms with Gasteiger partial charge in [-0.2, -0.15) is 5.10 Å². The molecule has 0 aliphatic carbocycles. The van der Waals surface area contributed by atoms with Gasteiger partial charge in [-0.1, -0.05) is 36.4 Å². The molecule has 1 N–H and O–H groups in total. The molecule has 9 heteroatoms. The fourth-order valence-electron chi connectivity index (χ4n) is 4.84. The molecule has 1 atom stereocenters. The third kappa shape index (κ3) is 4.17. The summed E-state index contributed by atoms with van der Waals surface area (Å²) >= 11 is 0. The van der Waals surface area contributed by atoms with Crippen molar-refractivity contribution in [3.8, 4) is 0 Å². The molecule has 5 aromatic rings. The number of aromatic nitrogens is 4. The molecule has 38 heavy (non-hydrogen) atoms. The quantitative estimate of drug-likeness (QED) is 0.355. The maximum atomic E-state index is 12.7. The highest BCUT2D eigenvalue weighted by Crippen LogP contribution is 2.34. The van der Waals surface area contributed by atoms with E-state index < -0.39 is 12.4 Å². The zero-order valence-corrected chi connectivity index (χ0v) is 20.3. The topological polar surface area (TPSA) is 100 Å². The van der Waals surface area contributed by atoms with Crippen molar-refractivity contribution in [1.82, 2.24) is 19.7 Å². The van der Waals surface area contributed by atoms with Crippen LogP contribution in [0.3, 0.4) is 0 Å². The van der Waals surface area contributed by atoms with Crippen molar-refractivity contribution in [2.75, 3.05) is 18.5 Å². The van der Waals surface area contributed by atoms with Crippen LogP contribution in [0.4, 0.5) is 11.5 Å². The Kier molecular flexibility index (Phi) is 5.57. The number of anilines is 2. The molecule has 7 rings (SSSR count). The minimum Gasteiger partial charge on any atom is -0.476 e. The molecule has 2 aliphatic rings. The molecule has 9 nitrogen and oxygen atoms in total. The second-order valence-electron chi connectivity index (χ2n) is 9.21. The molecule has 0 radical (unpaired) electrons. The number of ketones is 1. The Morgan fingerprint density at radius 2 is 1.84 bits per heavy atom. The van der Waals surface area contributed by atoms with Gasteiger partial charge < -0.3 is 19.5 Å². The Morgan fingerprint density at radius 1 is 0.974 bits per heavy atom. The average Bonchev–Trinajstić information content (AvgIpc) is 3.70. The lowest BCUT2D eigenvalue weighted by Crippen LogP contribution is -2.13. The van der Waals surface area contributed by atoms with Gasteiger partial charge in [-0.3, -0.25) is 9.48 Å². The third-order valence-corrected chi connectivity index (χ3v) is 6.69. The van der Waals surface area contributed by atoms with Crippen molar-refractivity contribution in [3.63, 3.8) is 0 Å². The summed E-state index contributed by atoms with van der Waals surface area (Å²) in [5, 5.41) is 9.79. The second kappa shape index (κ2) is 9.37. The number of hydrogen-bond acceptors (Lipinski definition) is 8. The molecule has 0 bridgehead atoms. The molecular formula is C29H23N5O4. The van der Waals surface area contributed by atoms with Crippen LogP contribution in [0.15, 0.2) is 91.1 Å². The minimum atomic E-state index is -0.762. The van der Waals surface area contributed by atoms with Crippen LogP contribution in [0.2, 0.25) is 0 Å². The van der Waals surface area contributed by atoms with Gasteiger partial charge in [-0.05, 0) is 35.9 Å². The van der Waals surface area contributed by atoms with Gasteiger partial charge in [0, 0.05) is 28.1 Å². The third-order valence-electron chi connectivity index (χ3n) is 6.69. The van der Waals surface area contributed by atoms with Crippen molar-refractivity contribution < 1.29 is 19.0 Å². The van der Waals surface area contributed by atoms with E-state index in [1.54, 1.807) is 0 Å². The number of rotatable bonds is 6. The normalized spacial score (nSPS) is 17.7. The monoisotopic (exact) mass is 505 g/mol. The molecule has 1 saturated heterocycles. The van der Waals surface area contributed by atoms with Gasteiger partial charge in [0.1, 0.15) is 12.1 Å². The van der Waals surface area contributed by atoms with Gasteiger partial charge in [0.05, 0.1) is 37.0 Å². The summed E-state index contributed by atoms with van der Waals surface area (Å²) in [6, 6.07) is 22.0. The van der Waals surface area contributed by atoms with Crippen molar-refractivity contribution in [2.45, 2.75) is 18.9 Å². The lowest BCUT2D eigenvalue weighted by molar-refractivity contribution is -0.122. The van der Waals surface area contributed by atoms with Crippen LogP contribution in [0.5, 0.6) is 0 Å². The van der Waals surface area contributed by atoms with Crippen LogP contribution in [0.25, 0.3) is 21.8 Å². The van der Waals surface area contributed by atoms with Gasteiger partial charge in [0.25, 0.3) is 0 Å². The Hall–Kier alpha value is -4.60. The molecule has 188 valence electrons.